The zero-order valence-electron chi connectivity index (χ0n) is 17.7. The molecule has 0 spiro atoms. The molecule has 31 heteroatoms. The Morgan fingerprint density at radius 3 is 0.290 bits per heavy atom. The molecule has 0 fully saturated rings. The molecule has 20 nitrogen and oxygen atoms in total. The van der Waals surface area contributed by atoms with Crippen LogP contribution in [-0.2, 0) is 78.5 Å². The molecule has 0 atom stereocenters. The molecule has 0 aromatic rings. The van der Waals surface area contributed by atoms with Gasteiger partial charge in [0.1, 0.15) is 0 Å². The normalized spacial score (nSPS) is 9.52. The Hall–Kier alpha value is 4.10. The van der Waals surface area contributed by atoms with Crippen LogP contribution < -0.4 is 130 Å². The fourth-order valence-corrected chi connectivity index (χ4v) is 0. The molecule has 0 unspecified atom stereocenters. The Morgan fingerprint density at radius 2 is 0.290 bits per heavy atom. The number of hydrogen-bond donors (Lipinski definition) is 0. The van der Waals surface area contributed by atoms with Gasteiger partial charge < -0.3 is 101 Å². The van der Waals surface area contributed by atoms with Crippen LogP contribution in [-0.4, -0.2) is 0 Å². The third-order valence-corrected chi connectivity index (χ3v) is 0. The van der Waals surface area contributed by atoms with E-state index in [0.717, 1.165) is 0 Å². The van der Waals surface area contributed by atoms with Gasteiger partial charge in [-0.1, -0.05) is 0 Å². The van der Waals surface area contributed by atoms with Crippen molar-refractivity contribution in [2.24, 2.45) is 0 Å². The maximum Gasteiger partial charge on any atom is 1.00 e. The monoisotopic (exact) mass is 652 g/mol. The minimum Gasteiger partial charge on any atom is -1.00 e. The van der Waals surface area contributed by atoms with E-state index in [-0.39, 0.29) is 117 Å². The second kappa shape index (κ2) is 32.1. The van der Waals surface area contributed by atoms with Gasteiger partial charge in [-0.3, -0.25) is 0 Å². The average Bonchev–Trinajstić information content (AvgIpc) is 1.79. The maximum atomic E-state index is 8.55. The van der Waals surface area contributed by atoms with Crippen LogP contribution in [0.3, 0.4) is 0 Å². The third-order valence-electron chi connectivity index (χ3n) is 0. The molecule has 0 saturated carbocycles. The summed E-state index contributed by atoms with van der Waals surface area (Å²) < 4.78 is 42.7. The van der Waals surface area contributed by atoms with Crippen molar-refractivity contribution in [3.8, 4) is 0 Å². The second-order valence-corrected chi connectivity index (χ2v) is 6.71. The molecule has 0 saturated heterocycles. The van der Waals surface area contributed by atoms with E-state index >= 15 is 0 Å². The van der Waals surface area contributed by atoms with Crippen LogP contribution >= 0.6 is 39.1 Å². The molecular formula is H3Li3O20P5V3-15. The Labute approximate surface area is 249 Å². The van der Waals surface area contributed by atoms with E-state index in [9.17, 15) is 0 Å². The zero-order chi connectivity index (χ0) is 22.5. The van der Waals surface area contributed by atoms with Gasteiger partial charge in [-0.2, -0.15) is 39.1 Å². The summed E-state index contributed by atoms with van der Waals surface area (Å²) in [5, 5.41) is 0. The molecule has 0 aromatic heterocycles. The van der Waals surface area contributed by atoms with Crippen molar-refractivity contribution in [3.05, 3.63) is 0 Å². The SMILES string of the molecule is O=P([O-])([O-])[O-].O=P([O-])([O-])[O-].O=P([O-])([O-])[O-].O=P([O-])([O-])[O-].O=P([O-])([O-])[O-].[H-].[H-].[H-].[Li+].[Li+].[Li+].[V].[V].[V]. The molecule has 0 bridgehead atoms. The van der Waals surface area contributed by atoms with Crippen LogP contribution in [0.4, 0.5) is 0 Å². The Kier molecular flexibility index (Phi) is 72.8. The van der Waals surface area contributed by atoms with Crippen molar-refractivity contribution in [2.45, 2.75) is 0 Å². The van der Waals surface area contributed by atoms with E-state index in [1.54, 1.807) is 0 Å². The van der Waals surface area contributed by atoms with E-state index in [4.69, 9.17) is 96.2 Å². The summed E-state index contributed by atoms with van der Waals surface area (Å²) in [6.07, 6.45) is 0. The molecule has 181 valence electrons. The van der Waals surface area contributed by atoms with Gasteiger partial charge in [0.05, 0.1) is 0 Å². The van der Waals surface area contributed by atoms with Gasteiger partial charge in [0.2, 0.25) is 0 Å². The summed E-state index contributed by atoms with van der Waals surface area (Å²) >= 11 is 0. The van der Waals surface area contributed by atoms with Gasteiger partial charge in [-0.15, -0.1) is 0 Å². The molecule has 0 N–H and O–H groups in total. The van der Waals surface area contributed by atoms with Crippen molar-refractivity contribution in [2.75, 3.05) is 0 Å². The quantitative estimate of drug-likeness (QED) is 0.173. The summed E-state index contributed by atoms with van der Waals surface area (Å²) in [5.41, 5.74) is 0. The van der Waals surface area contributed by atoms with Crippen molar-refractivity contribution >= 4 is 39.1 Å². The van der Waals surface area contributed by atoms with Crippen molar-refractivity contribution in [1.82, 2.24) is 0 Å². The molecule has 0 aliphatic carbocycles. The van der Waals surface area contributed by atoms with Gasteiger partial charge in [-0.25, -0.2) is 0 Å². The van der Waals surface area contributed by atoms with Crippen LogP contribution in [0.15, 0.2) is 0 Å². The Balaban J connectivity index is -0.0000000115. The molecule has 0 amide bonds. The first-order valence-corrected chi connectivity index (χ1v) is 11.0. The summed E-state index contributed by atoms with van der Waals surface area (Å²) in [4.78, 5) is 128. The molecule has 0 aromatic carbocycles. The van der Waals surface area contributed by atoms with E-state index in [0.29, 0.717) is 0 Å². The third kappa shape index (κ3) is 2090. The van der Waals surface area contributed by atoms with Crippen LogP contribution in [0.1, 0.15) is 4.28 Å². The fraction of sp³-hybridized carbons (Fsp3) is 0. The summed E-state index contributed by atoms with van der Waals surface area (Å²) in [5.74, 6) is 0. The first-order chi connectivity index (χ1) is 10.0. The van der Waals surface area contributed by atoms with Gasteiger partial charge in [-0.05, 0) is 0 Å². The molecule has 0 heterocycles. The van der Waals surface area contributed by atoms with Crippen LogP contribution in [0.25, 0.3) is 0 Å². The van der Waals surface area contributed by atoms with Crippen molar-refractivity contribution in [3.63, 3.8) is 0 Å². The molecule has 0 aliphatic heterocycles. The minimum absolute atomic E-state index is 0. The zero-order valence-corrected chi connectivity index (χ0v) is 23.4. The predicted molar refractivity (Wildman–Crippen MR) is 41.4 cm³/mol. The van der Waals surface area contributed by atoms with Crippen LogP contribution in [0.2, 0.25) is 0 Å². The first-order valence-electron chi connectivity index (χ1n) is 3.65. The average molecular weight is 652 g/mol. The van der Waals surface area contributed by atoms with E-state index in [1.807, 2.05) is 0 Å². The second-order valence-electron chi connectivity index (χ2n) is 2.24. The number of phosphoric acid groups is 5. The smallest absolute Gasteiger partial charge is 1.00 e. The van der Waals surface area contributed by atoms with Crippen molar-refractivity contribution < 1.29 is 213 Å². The van der Waals surface area contributed by atoms with Crippen LogP contribution in [0.5, 0.6) is 0 Å². The minimum atomic E-state index is -5.39. The van der Waals surface area contributed by atoms with Gasteiger partial charge >= 0.3 is 56.6 Å². The van der Waals surface area contributed by atoms with Gasteiger partial charge in [0.15, 0.2) is 0 Å². The molecule has 0 rings (SSSR count). The summed E-state index contributed by atoms with van der Waals surface area (Å²) in [6.45, 7) is 0. The topological polar surface area (TPSA) is 431 Å². The van der Waals surface area contributed by atoms with Gasteiger partial charge in [0, 0.05) is 55.7 Å². The molecule has 31 heavy (non-hydrogen) atoms. The molecule has 3 radical (unpaired) electrons. The van der Waals surface area contributed by atoms with Gasteiger partial charge in [0.25, 0.3) is 0 Å². The molecular weight excluding hydrogens is 649 g/mol. The largest absolute Gasteiger partial charge is 1.00 e. The van der Waals surface area contributed by atoms with Crippen LogP contribution in [0, 0.1) is 0 Å². The first kappa shape index (κ1) is 70.3. The summed E-state index contributed by atoms with van der Waals surface area (Å²) in [7, 11) is -26.9. The Bertz CT molecular complexity index is 408. The van der Waals surface area contributed by atoms with E-state index < -0.39 is 39.1 Å². The molecule has 0 aliphatic rings. The van der Waals surface area contributed by atoms with E-state index in [2.05, 4.69) is 0 Å². The number of hydrogen-bond acceptors (Lipinski definition) is 20. The standard InChI is InChI=1S/3Li.5H3O4P.3V.3H/c;;;5*1-5(2,3)4;;;;;;/h;;;5*(H3,1,2,3,4);;;;;;/q3*+1;;;;;;;;;3*-1/p-15. The Morgan fingerprint density at radius 1 is 0.290 bits per heavy atom. The maximum absolute atomic E-state index is 8.55. The summed E-state index contributed by atoms with van der Waals surface area (Å²) in [6, 6.07) is 0. The number of rotatable bonds is 0. The van der Waals surface area contributed by atoms with E-state index in [1.165, 1.54) is 0 Å². The predicted octanol–water partition coefficient (Wildman–Crippen LogP) is -22.8. The fourth-order valence-electron chi connectivity index (χ4n) is 0. The van der Waals surface area contributed by atoms with Crippen molar-refractivity contribution in [1.29, 1.82) is 0 Å².